The standard InChI is InChI=1S/C18H19N5O5/c1-8(2)12-7-13(21-22-16(12)24)27-14-9(3)5-11(6-10(14)4)19-17(25)15-20-18(26)28-23-15/h5-8H,1-4H3,(H,19,25)(H,22,24)(H,20,23,26). The van der Waals surface area contributed by atoms with Crippen LogP contribution in [0.1, 0.15) is 47.1 Å². The van der Waals surface area contributed by atoms with Crippen LogP contribution in [0.2, 0.25) is 0 Å². The largest absolute Gasteiger partial charge is 0.439 e. The minimum absolute atomic E-state index is 0.0249. The monoisotopic (exact) mass is 385 g/mol. The smallest absolute Gasteiger partial charge is 0.437 e. The summed E-state index contributed by atoms with van der Waals surface area (Å²) in [7, 11) is 0. The van der Waals surface area contributed by atoms with E-state index in [-0.39, 0.29) is 23.2 Å². The van der Waals surface area contributed by atoms with Crippen molar-refractivity contribution in [3.05, 3.63) is 61.6 Å². The summed E-state index contributed by atoms with van der Waals surface area (Å²) < 4.78 is 10.2. The van der Waals surface area contributed by atoms with Gasteiger partial charge < -0.3 is 10.1 Å². The summed E-state index contributed by atoms with van der Waals surface area (Å²) >= 11 is 0. The van der Waals surface area contributed by atoms with Crippen molar-refractivity contribution < 1.29 is 14.1 Å². The third-order valence-corrected chi connectivity index (χ3v) is 4.01. The summed E-state index contributed by atoms with van der Waals surface area (Å²) in [6.07, 6.45) is 0. The zero-order valence-electron chi connectivity index (χ0n) is 15.7. The van der Waals surface area contributed by atoms with Gasteiger partial charge in [0.2, 0.25) is 11.7 Å². The van der Waals surface area contributed by atoms with E-state index in [1.807, 2.05) is 27.7 Å². The molecule has 10 nitrogen and oxygen atoms in total. The molecule has 0 fully saturated rings. The molecule has 1 aromatic carbocycles. The molecule has 0 atom stereocenters. The molecule has 3 aromatic rings. The number of aromatic nitrogens is 4. The van der Waals surface area contributed by atoms with E-state index >= 15 is 0 Å². The number of nitrogens with one attached hydrogen (secondary N) is 3. The molecular weight excluding hydrogens is 366 g/mol. The number of amides is 1. The molecule has 0 saturated carbocycles. The van der Waals surface area contributed by atoms with Crippen LogP contribution in [0.3, 0.4) is 0 Å². The molecule has 3 rings (SSSR count). The molecule has 2 aromatic heterocycles. The van der Waals surface area contributed by atoms with Gasteiger partial charge in [-0.25, -0.2) is 9.89 Å². The number of rotatable bonds is 5. The zero-order chi connectivity index (χ0) is 20.4. The van der Waals surface area contributed by atoms with Crippen molar-refractivity contribution in [2.45, 2.75) is 33.6 Å². The maximum absolute atomic E-state index is 12.1. The molecule has 10 heteroatoms. The van der Waals surface area contributed by atoms with Gasteiger partial charge in [0.25, 0.3) is 11.5 Å². The van der Waals surface area contributed by atoms with E-state index in [9.17, 15) is 14.4 Å². The Hall–Kier alpha value is -3.69. The molecule has 146 valence electrons. The van der Waals surface area contributed by atoms with Gasteiger partial charge in [-0.2, -0.15) is 0 Å². The third kappa shape index (κ3) is 4.00. The van der Waals surface area contributed by atoms with E-state index in [4.69, 9.17) is 4.74 Å². The Kier molecular flexibility index (Phi) is 5.12. The van der Waals surface area contributed by atoms with Crippen molar-refractivity contribution in [3.8, 4) is 11.6 Å². The third-order valence-electron chi connectivity index (χ3n) is 4.01. The van der Waals surface area contributed by atoms with Gasteiger partial charge in [-0.3, -0.25) is 19.1 Å². The first-order chi connectivity index (χ1) is 13.2. The van der Waals surface area contributed by atoms with Crippen LogP contribution >= 0.6 is 0 Å². The Labute approximate surface area is 158 Å². The van der Waals surface area contributed by atoms with Crippen molar-refractivity contribution in [3.63, 3.8) is 0 Å². The summed E-state index contributed by atoms with van der Waals surface area (Å²) in [6, 6.07) is 5.01. The van der Waals surface area contributed by atoms with Crippen LogP contribution in [0.5, 0.6) is 11.6 Å². The second-order valence-electron chi connectivity index (χ2n) is 6.58. The average molecular weight is 385 g/mol. The lowest BCUT2D eigenvalue weighted by molar-refractivity contribution is 0.101. The predicted octanol–water partition coefficient (Wildman–Crippen LogP) is 2.23. The van der Waals surface area contributed by atoms with Crippen molar-refractivity contribution in [1.29, 1.82) is 0 Å². The van der Waals surface area contributed by atoms with Crippen LogP contribution in [0.25, 0.3) is 0 Å². The number of ether oxygens (including phenoxy) is 1. The Morgan fingerprint density at radius 3 is 2.43 bits per heavy atom. The van der Waals surface area contributed by atoms with Gasteiger partial charge in [-0.1, -0.05) is 13.8 Å². The average Bonchev–Trinajstić information content (AvgIpc) is 3.06. The van der Waals surface area contributed by atoms with Gasteiger partial charge in [0, 0.05) is 17.3 Å². The molecule has 28 heavy (non-hydrogen) atoms. The Morgan fingerprint density at radius 2 is 1.86 bits per heavy atom. The molecule has 0 saturated heterocycles. The van der Waals surface area contributed by atoms with E-state index in [0.717, 1.165) is 11.1 Å². The first-order valence-corrected chi connectivity index (χ1v) is 8.50. The number of H-pyrrole nitrogens is 2. The number of aromatic amines is 2. The number of hydrogen-bond acceptors (Lipinski definition) is 7. The lowest BCUT2D eigenvalue weighted by Gasteiger charge is -2.14. The highest BCUT2D eigenvalue weighted by atomic mass is 16.5. The fourth-order valence-electron chi connectivity index (χ4n) is 2.69. The second kappa shape index (κ2) is 7.51. The van der Waals surface area contributed by atoms with E-state index in [0.29, 0.717) is 17.0 Å². The van der Waals surface area contributed by atoms with Gasteiger partial charge in [-0.05, 0) is 48.2 Å². The van der Waals surface area contributed by atoms with E-state index in [1.54, 1.807) is 18.2 Å². The zero-order valence-corrected chi connectivity index (χ0v) is 15.7. The maximum Gasteiger partial charge on any atom is 0.439 e. The molecule has 0 unspecified atom stereocenters. The van der Waals surface area contributed by atoms with Crippen molar-refractivity contribution in [2.24, 2.45) is 0 Å². The first-order valence-electron chi connectivity index (χ1n) is 8.50. The van der Waals surface area contributed by atoms with Crippen LogP contribution in [0, 0.1) is 13.8 Å². The summed E-state index contributed by atoms with van der Waals surface area (Å²) in [4.78, 5) is 37.0. The highest BCUT2D eigenvalue weighted by Gasteiger charge is 2.15. The Morgan fingerprint density at radius 1 is 1.18 bits per heavy atom. The number of nitrogens with zero attached hydrogens (tertiary/aromatic N) is 2. The van der Waals surface area contributed by atoms with Crippen LogP contribution in [-0.4, -0.2) is 26.2 Å². The molecule has 0 aliphatic rings. The van der Waals surface area contributed by atoms with Crippen LogP contribution in [-0.2, 0) is 0 Å². The number of benzene rings is 1. The minimum Gasteiger partial charge on any atom is -0.437 e. The Balaban J connectivity index is 1.84. The summed E-state index contributed by atoms with van der Waals surface area (Å²) in [5.74, 6) is -0.790. The van der Waals surface area contributed by atoms with Gasteiger partial charge in [0.05, 0.1) is 0 Å². The molecule has 2 heterocycles. The van der Waals surface area contributed by atoms with Crippen molar-refractivity contribution >= 4 is 11.6 Å². The van der Waals surface area contributed by atoms with Gasteiger partial charge in [0.15, 0.2) is 0 Å². The minimum atomic E-state index is -0.810. The van der Waals surface area contributed by atoms with Crippen LogP contribution < -0.4 is 21.4 Å². The van der Waals surface area contributed by atoms with Gasteiger partial charge >= 0.3 is 5.76 Å². The lowest BCUT2D eigenvalue weighted by Crippen LogP contribution is -2.16. The predicted molar refractivity (Wildman–Crippen MR) is 100 cm³/mol. The highest BCUT2D eigenvalue weighted by Crippen LogP contribution is 2.31. The molecular formula is C18H19N5O5. The number of carbonyl (C=O) groups is 1. The van der Waals surface area contributed by atoms with E-state index in [2.05, 4.69) is 30.2 Å². The highest BCUT2D eigenvalue weighted by molar-refractivity contribution is 6.01. The second-order valence-corrected chi connectivity index (χ2v) is 6.58. The van der Waals surface area contributed by atoms with Crippen LogP contribution in [0.4, 0.5) is 5.69 Å². The molecule has 0 aliphatic carbocycles. The molecule has 3 N–H and O–H groups in total. The van der Waals surface area contributed by atoms with Gasteiger partial charge in [0.1, 0.15) is 5.75 Å². The fourth-order valence-corrected chi connectivity index (χ4v) is 2.69. The van der Waals surface area contributed by atoms with E-state index < -0.39 is 11.7 Å². The SMILES string of the molecule is Cc1cc(NC(=O)c2noc(=O)[nH]2)cc(C)c1Oc1cc(C(C)C)c(=O)[nH]n1. The number of carbonyl (C=O) groups excluding carboxylic acids is 1. The molecule has 0 aliphatic heterocycles. The fraction of sp³-hybridized carbons (Fsp3) is 0.278. The summed E-state index contributed by atoms with van der Waals surface area (Å²) in [5, 5.41) is 12.3. The molecule has 0 radical (unpaired) electrons. The van der Waals surface area contributed by atoms with Crippen molar-refractivity contribution in [2.75, 3.05) is 5.32 Å². The summed E-state index contributed by atoms with van der Waals surface area (Å²) in [6.45, 7) is 7.44. The normalized spacial score (nSPS) is 10.9. The van der Waals surface area contributed by atoms with Crippen molar-refractivity contribution in [1.82, 2.24) is 20.3 Å². The van der Waals surface area contributed by atoms with E-state index in [1.165, 1.54) is 0 Å². The van der Waals surface area contributed by atoms with Crippen LogP contribution in [0.15, 0.2) is 32.3 Å². The number of aryl methyl sites for hydroxylation is 2. The Bertz CT molecular complexity index is 1120. The number of hydrogen-bond donors (Lipinski definition) is 3. The first kappa shape index (κ1) is 19.1. The van der Waals surface area contributed by atoms with Gasteiger partial charge in [-0.15, -0.1) is 5.10 Å². The quantitative estimate of drug-likeness (QED) is 0.611. The molecule has 0 spiro atoms. The molecule has 0 bridgehead atoms. The topological polar surface area (TPSA) is 143 Å². The lowest BCUT2D eigenvalue weighted by atomic mass is 10.1. The summed E-state index contributed by atoms with van der Waals surface area (Å²) in [5.41, 5.74) is 2.30. The number of anilines is 1. The maximum atomic E-state index is 12.1. The molecule has 1 amide bonds.